The van der Waals surface area contributed by atoms with Crippen LogP contribution in [-0.4, -0.2) is 7.05 Å². The predicted molar refractivity (Wildman–Crippen MR) is 128 cm³/mol. The summed E-state index contributed by atoms with van der Waals surface area (Å²) in [6.07, 6.45) is 5.53. The number of rotatable bonds is 5. The second kappa shape index (κ2) is 8.27. The molecule has 3 heteroatoms. The van der Waals surface area contributed by atoms with Gasteiger partial charge in [-0.15, -0.1) is 0 Å². The number of hydrogen-bond acceptors (Lipinski definition) is 2. The van der Waals surface area contributed by atoms with Crippen molar-refractivity contribution in [3.05, 3.63) is 102 Å². The summed E-state index contributed by atoms with van der Waals surface area (Å²) in [5.74, 6) is 1.76. The van der Waals surface area contributed by atoms with Crippen molar-refractivity contribution in [3.63, 3.8) is 0 Å². The van der Waals surface area contributed by atoms with E-state index in [4.69, 9.17) is 4.74 Å². The molecule has 0 spiro atoms. The van der Waals surface area contributed by atoms with E-state index in [0.717, 1.165) is 30.2 Å². The van der Waals surface area contributed by atoms with Gasteiger partial charge in [0.25, 0.3) is 0 Å². The van der Waals surface area contributed by atoms with Crippen LogP contribution in [0, 0.1) is 0 Å². The molecule has 31 heavy (non-hydrogen) atoms. The SMILES string of the molecule is CCCCc1cc(/C=C2\Oc3ccccc3N2C)c2ccccc2[n+]1-c1ccccc1. The molecule has 0 aliphatic carbocycles. The molecule has 0 bridgehead atoms. The van der Waals surface area contributed by atoms with Crippen molar-refractivity contribution in [2.75, 3.05) is 11.9 Å². The Balaban J connectivity index is 1.70. The smallest absolute Gasteiger partial charge is 0.219 e. The number of hydrogen-bond donors (Lipinski definition) is 0. The van der Waals surface area contributed by atoms with Crippen LogP contribution >= 0.6 is 0 Å². The average molecular weight is 408 g/mol. The zero-order chi connectivity index (χ0) is 21.2. The maximum atomic E-state index is 6.19. The molecule has 0 saturated heterocycles. The first-order valence-electron chi connectivity index (χ1n) is 11.0. The van der Waals surface area contributed by atoms with Crippen molar-refractivity contribution in [3.8, 4) is 11.4 Å². The highest BCUT2D eigenvalue weighted by Gasteiger charge is 2.25. The van der Waals surface area contributed by atoms with Crippen LogP contribution in [0.1, 0.15) is 31.0 Å². The van der Waals surface area contributed by atoms with Gasteiger partial charge in [0.2, 0.25) is 17.1 Å². The van der Waals surface area contributed by atoms with E-state index in [0.29, 0.717) is 0 Å². The largest absolute Gasteiger partial charge is 0.439 e. The average Bonchev–Trinajstić information content (AvgIpc) is 3.13. The number of nitrogens with zero attached hydrogens (tertiary/aromatic N) is 2. The zero-order valence-corrected chi connectivity index (χ0v) is 18.1. The summed E-state index contributed by atoms with van der Waals surface area (Å²) in [5.41, 5.74) is 6.01. The number of benzene rings is 3. The quantitative estimate of drug-likeness (QED) is 0.362. The first-order chi connectivity index (χ1) is 15.3. The summed E-state index contributed by atoms with van der Waals surface area (Å²) in [4.78, 5) is 2.12. The molecule has 5 rings (SSSR count). The number of aromatic nitrogens is 1. The highest BCUT2D eigenvalue weighted by molar-refractivity contribution is 5.87. The highest BCUT2D eigenvalue weighted by atomic mass is 16.5. The summed E-state index contributed by atoms with van der Waals surface area (Å²) in [6.45, 7) is 2.25. The highest BCUT2D eigenvalue weighted by Crippen LogP contribution is 2.38. The molecule has 2 heterocycles. The van der Waals surface area contributed by atoms with Crippen molar-refractivity contribution in [1.82, 2.24) is 0 Å². The molecule has 1 aromatic heterocycles. The Morgan fingerprint density at radius 3 is 2.45 bits per heavy atom. The third-order valence-electron chi connectivity index (χ3n) is 5.92. The number of para-hydroxylation sites is 4. The van der Waals surface area contributed by atoms with Crippen molar-refractivity contribution < 1.29 is 9.30 Å². The number of fused-ring (bicyclic) bond motifs is 2. The lowest BCUT2D eigenvalue weighted by molar-refractivity contribution is -0.576. The minimum atomic E-state index is 0.852. The van der Waals surface area contributed by atoms with Gasteiger partial charge in [-0.3, -0.25) is 0 Å². The molecule has 154 valence electrons. The number of ether oxygens (including phenoxy) is 1. The van der Waals surface area contributed by atoms with Gasteiger partial charge in [0.15, 0.2) is 11.4 Å². The van der Waals surface area contributed by atoms with E-state index < -0.39 is 0 Å². The minimum absolute atomic E-state index is 0.852. The Labute approximate surface area is 183 Å². The zero-order valence-electron chi connectivity index (χ0n) is 18.1. The molecule has 0 amide bonds. The van der Waals surface area contributed by atoms with Gasteiger partial charge in [0, 0.05) is 43.8 Å². The third-order valence-corrected chi connectivity index (χ3v) is 5.92. The minimum Gasteiger partial charge on any atom is -0.439 e. The molecule has 3 nitrogen and oxygen atoms in total. The second-order valence-corrected chi connectivity index (χ2v) is 7.99. The van der Waals surface area contributed by atoms with Crippen molar-refractivity contribution >= 4 is 22.7 Å². The first kappa shape index (κ1) is 19.4. The summed E-state index contributed by atoms with van der Waals surface area (Å²) in [5, 5.41) is 1.21. The Hall–Kier alpha value is -3.59. The maximum Gasteiger partial charge on any atom is 0.219 e. The molecule has 1 aliphatic rings. The summed E-state index contributed by atoms with van der Waals surface area (Å²) in [6, 6.07) is 29.8. The predicted octanol–water partition coefficient (Wildman–Crippen LogP) is 6.29. The van der Waals surface area contributed by atoms with E-state index in [9.17, 15) is 0 Å². The van der Waals surface area contributed by atoms with Gasteiger partial charge >= 0.3 is 0 Å². The molecule has 0 unspecified atom stereocenters. The molecule has 0 N–H and O–H groups in total. The van der Waals surface area contributed by atoms with E-state index >= 15 is 0 Å². The molecule has 1 aliphatic heterocycles. The van der Waals surface area contributed by atoms with Gasteiger partial charge in [-0.1, -0.05) is 55.8 Å². The van der Waals surface area contributed by atoms with Crippen LogP contribution < -0.4 is 14.2 Å². The van der Waals surface area contributed by atoms with Crippen LogP contribution in [0.15, 0.2) is 90.8 Å². The Bertz CT molecular complexity index is 1260. The van der Waals surface area contributed by atoms with Gasteiger partial charge in [0.05, 0.1) is 11.1 Å². The topological polar surface area (TPSA) is 16.4 Å². The van der Waals surface area contributed by atoms with Crippen LogP contribution in [0.3, 0.4) is 0 Å². The fraction of sp³-hybridized carbons (Fsp3) is 0.179. The van der Waals surface area contributed by atoms with Crippen LogP contribution in [0.4, 0.5) is 5.69 Å². The van der Waals surface area contributed by atoms with Gasteiger partial charge in [-0.2, -0.15) is 4.57 Å². The molecule has 0 fully saturated rings. The number of unbranched alkanes of at least 4 members (excludes halogenated alkanes) is 1. The Kier molecular flexibility index (Phi) is 5.17. The maximum absolute atomic E-state index is 6.19. The van der Waals surface area contributed by atoms with Crippen LogP contribution in [0.25, 0.3) is 22.7 Å². The lowest BCUT2D eigenvalue weighted by atomic mass is 10.0. The Morgan fingerprint density at radius 1 is 0.903 bits per heavy atom. The molecule has 0 radical (unpaired) electrons. The molecule has 0 saturated carbocycles. The van der Waals surface area contributed by atoms with Gasteiger partial charge in [-0.05, 0) is 30.2 Å². The molecular formula is C28H27N2O+. The van der Waals surface area contributed by atoms with Crippen molar-refractivity contribution in [2.45, 2.75) is 26.2 Å². The number of anilines is 1. The second-order valence-electron chi connectivity index (χ2n) is 7.99. The van der Waals surface area contributed by atoms with Gasteiger partial charge < -0.3 is 9.64 Å². The molecule has 0 atom stereocenters. The van der Waals surface area contributed by atoms with E-state index in [1.807, 2.05) is 18.2 Å². The summed E-state index contributed by atoms with van der Waals surface area (Å²) in [7, 11) is 2.06. The lowest BCUT2D eigenvalue weighted by Crippen LogP contribution is -2.37. The molecule has 4 aromatic rings. The summed E-state index contributed by atoms with van der Waals surface area (Å²) < 4.78 is 8.59. The Morgan fingerprint density at radius 2 is 1.65 bits per heavy atom. The first-order valence-corrected chi connectivity index (χ1v) is 11.0. The monoisotopic (exact) mass is 407 g/mol. The van der Waals surface area contributed by atoms with Crippen molar-refractivity contribution in [2.24, 2.45) is 0 Å². The summed E-state index contributed by atoms with van der Waals surface area (Å²) >= 11 is 0. The normalized spacial score (nSPS) is 14.1. The van der Waals surface area contributed by atoms with E-state index in [1.54, 1.807) is 0 Å². The number of pyridine rings is 1. The molecule has 3 aromatic carbocycles. The third kappa shape index (κ3) is 3.57. The van der Waals surface area contributed by atoms with E-state index in [1.165, 1.54) is 34.3 Å². The number of aryl methyl sites for hydroxylation is 1. The van der Waals surface area contributed by atoms with Crippen LogP contribution in [0.2, 0.25) is 0 Å². The van der Waals surface area contributed by atoms with Gasteiger partial charge in [0.1, 0.15) is 0 Å². The standard InChI is InChI=1S/C28H27N2O/c1-3-4-12-23-19-21(20-28-29(2)26-17-10-11-18-27(26)31-28)24-15-8-9-16-25(24)30(23)22-13-6-5-7-14-22/h5-11,13-20H,3-4,12H2,1-2H3/q+1. The lowest BCUT2D eigenvalue weighted by Gasteiger charge is -2.13. The van der Waals surface area contributed by atoms with Gasteiger partial charge in [-0.25, -0.2) is 0 Å². The van der Waals surface area contributed by atoms with Crippen molar-refractivity contribution in [1.29, 1.82) is 0 Å². The fourth-order valence-corrected chi connectivity index (χ4v) is 4.31. The van der Waals surface area contributed by atoms with Crippen LogP contribution in [0.5, 0.6) is 5.75 Å². The van der Waals surface area contributed by atoms with E-state index in [2.05, 4.69) is 96.2 Å². The fourth-order valence-electron chi connectivity index (χ4n) is 4.31. The molecular weight excluding hydrogens is 380 g/mol. The van der Waals surface area contributed by atoms with E-state index in [-0.39, 0.29) is 0 Å². The van der Waals surface area contributed by atoms with Crippen LogP contribution in [-0.2, 0) is 6.42 Å².